The molecule has 2 fully saturated rings. The number of nitrogens with zero attached hydrogens (tertiary/aromatic N) is 4. The van der Waals surface area contributed by atoms with Crippen molar-refractivity contribution in [3.63, 3.8) is 0 Å². The minimum Gasteiger partial charge on any atom is -0.368 e. The van der Waals surface area contributed by atoms with E-state index in [1.807, 2.05) is 17.0 Å². The molecule has 30 heavy (non-hydrogen) atoms. The molecule has 0 atom stereocenters. The first kappa shape index (κ1) is 21.0. The molecule has 1 aliphatic heterocycles. The van der Waals surface area contributed by atoms with Crippen molar-refractivity contribution in [3.05, 3.63) is 35.7 Å². The smallest absolute Gasteiger partial charge is 0.248 e. The maximum atomic E-state index is 12.4. The first-order valence-electron chi connectivity index (χ1n) is 11.2. The molecule has 4 rings (SSSR count). The molecule has 7 nitrogen and oxygen atoms in total. The van der Waals surface area contributed by atoms with Gasteiger partial charge in [-0.05, 0) is 32.7 Å². The highest BCUT2D eigenvalue weighted by Gasteiger charge is 2.23. The molecule has 0 unspecified atom stereocenters. The van der Waals surface area contributed by atoms with Crippen LogP contribution in [0, 0.1) is 6.92 Å². The Balaban J connectivity index is 1.14. The second-order valence-corrected chi connectivity index (χ2v) is 8.42. The largest absolute Gasteiger partial charge is 0.368 e. The lowest BCUT2D eigenvalue weighted by molar-refractivity contribution is -0.139. The van der Waals surface area contributed by atoms with E-state index in [9.17, 15) is 4.79 Å². The number of rotatable bonds is 8. The SMILES string of the molecule is Cc1ccc(-c2noc(CCCN3CCN(C(=O)COC4CCCC4)CC3)n2)cc1. The van der Waals surface area contributed by atoms with Crippen LogP contribution in [0.5, 0.6) is 0 Å². The van der Waals surface area contributed by atoms with E-state index in [1.165, 1.54) is 18.4 Å². The van der Waals surface area contributed by atoms with E-state index in [2.05, 4.69) is 34.1 Å². The van der Waals surface area contributed by atoms with Crippen LogP contribution >= 0.6 is 0 Å². The maximum absolute atomic E-state index is 12.4. The third-order valence-corrected chi connectivity index (χ3v) is 6.11. The number of carbonyl (C=O) groups is 1. The predicted molar refractivity (Wildman–Crippen MR) is 114 cm³/mol. The van der Waals surface area contributed by atoms with Crippen LogP contribution in [-0.4, -0.2) is 71.3 Å². The molecule has 2 aromatic rings. The van der Waals surface area contributed by atoms with Gasteiger partial charge in [0.25, 0.3) is 0 Å². The topological polar surface area (TPSA) is 71.7 Å². The van der Waals surface area contributed by atoms with Crippen LogP contribution in [0.1, 0.15) is 43.6 Å². The normalized spacial score (nSPS) is 18.2. The van der Waals surface area contributed by atoms with E-state index in [0.29, 0.717) is 17.8 Å². The van der Waals surface area contributed by atoms with Gasteiger partial charge < -0.3 is 14.2 Å². The standard InChI is InChI=1S/C23H32N4O3/c1-18-8-10-19(11-9-18)23-24-21(30-25-23)7-4-12-26-13-15-27(16-14-26)22(28)17-29-20-5-2-3-6-20/h8-11,20H,2-7,12-17H2,1H3. The van der Waals surface area contributed by atoms with E-state index in [0.717, 1.165) is 64.0 Å². The molecule has 1 amide bonds. The van der Waals surface area contributed by atoms with Crippen LogP contribution in [0.2, 0.25) is 0 Å². The number of amides is 1. The van der Waals surface area contributed by atoms with Gasteiger partial charge in [0.2, 0.25) is 17.6 Å². The Morgan fingerprint density at radius 1 is 1.13 bits per heavy atom. The number of aromatic nitrogens is 2. The van der Waals surface area contributed by atoms with Gasteiger partial charge in [0.05, 0.1) is 6.10 Å². The van der Waals surface area contributed by atoms with E-state index >= 15 is 0 Å². The van der Waals surface area contributed by atoms with E-state index in [-0.39, 0.29) is 12.5 Å². The average Bonchev–Trinajstić information content (AvgIpc) is 3.45. The summed E-state index contributed by atoms with van der Waals surface area (Å²) in [6.45, 7) is 6.66. The number of hydrogen-bond acceptors (Lipinski definition) is 6. The lowest BCUT2D eigenvalue weighted by Crippen LogP contribution is -2.50. The summed E-state index contributed by atoms with van der Waals surface area (Å²) in [4.78, 5) is 21.2. The molecule has 2 aliphatic rings. The van der Waals surface area contributed by atoms with Gasteiger partial charge >= 0.3 is 0 Å². The number of piperazine rings is 1. The van der Waals surface area contributed by atoms with Gasteiger partial charge in [-0.25, -0.2) is 0 Å². The summed E-state index contributed by atoms with van der Waals surface area (Å²) in [7, 11) is 0. The Kier molecular flexibility index (Phi) is 7.12. The summed E-state index contributed by atoms with van der Waals surface area (Å²) in [5, 5.41) is 4.10. The number of benzene rings is 1. The molecule has 162 valence electrons. The van der Waals surface area contributed by atoms with Crippen LogP contribution in [0.25, 0.3) is 11.4 Å². The number of carbonyl (C=O) groups excluding carboxylic acids is 1. The van der Waals surface area contributed by atoms with E-state index in [4.69, 9.17) is 9.26 Å². The van der Waals surface area contributed by atoms with Crippen LogP contribution in [0.4, 0.5) is 0 Å². The number of hydrogen-bond donors (Lipinski definition) is 0. The third kappa shape index (κ3) is 5.67. The monoisotopic (exact) mass is 412 g/mol. The molecule has 1 aliphatic carbocycles. The molecule has 1 aromatic carbocycles. The number of aryl methyl sites for hydroxylation is 2. The molecular weight excluding hydrogens is 380 g/mol. The van der Waals surface area contributed by atoms with E-state index < -0.39 is 0 Å². The quantitative estimate of drug-likeness (QED) is 0.664. The van der Waals surface area contributed by atoms with Crippen molar-refractivity contribution < 1.29 is 14.1 Å². The highest BCUT2D eigenvalue weighted by Crippen LogP contribution is 2.21. The van der Waals surface area contributed by atoms with Crippen molar-refractivity contribution in [2.24, 2.45) is 0 Å². The van der Waals surface area contributed by atoms with Crippen molar-refractivity contribution in [3.8, 4) is 11.4 Å². The molecule has 7 heteroatoms. The molecule has 1 saturated heterocycles. The van der Waals surface area contributed by atoms with Crippen LogP contribution in [-0.2, 0) is 16.0 Å². The average molecular weight is 413 g/mol. The zero-order valence-electron chi connectivity index (χ0n) is 17.9. The van der Waals surface area contributed by atoms with Crippen LogP contribution < -0.4 is 0 Å². The fourth-order valence-corrected chi connectivity index (χ4v) is 4.19. The van der Waals surface area contributed by atoms with Crippen molar-refractivity contribution in [2.45, 2.75) is 51.6 Å². The molecule has 1 aromatic heterocycles. The Morgan fingerprint density at radius 3 is 2.60 bits per heavy atom. The Labute approximate surface area is 178 Å². The first-order chi connectivity index (χ1) is 14.7. The predicted octanol–water partition coefficient (Wildman–Crippen LogP) is 3.08. The van der Waals surface area contributed by atoms with Gasteiger partial charge in [-0.3, -0.25) is 9.69 Å². The van der Waals surface area contributed by atoms with Crippen molar-refractivity contribution in [2.75, 3.05) is 39.3 Å². The minimum absolute atomic E-state index is 0.135. The maximum Gasteiger partial charge on any atom is 0.248 e. The zero-order chi connectivity index (χ0) is 20.8. The molecular formula is C23H32N4O3. The van der Waals surface area contributed by atoms with Crippen molar-refractivity contribution in [1.29, 1.82) is 0 Å². The van der Waals surface area contributed by atoms with Crippen molar-refractivity contribution in [1.82, 2.24) is 19.9 Å². The molecule has 0 bridgehead atoms. The lowest BCUT2D eigenvalue weighted by Gasteiger charge is -2.34. The molecule has 0 radical (unpaired) electrons. The van der Waals surface area contributed by atoms with Crippen LogP contribution in [0.3, 0.4) is 0 Å². The van der Waals surface area contributed by atoms with Crippen molar-refractivity contribution >= 4 is 5.91 Å². The third-order valence-electron chi connectivity index (χ3n) is 6.11. The minimum atomic E-state index is 0.135. The van der Waals surface area contributed by atoms with Crippen LogP contribution in [0.15, 0.2) is 28.8 Å². The lowest BCUT2D eigenvalue weighted by atomic mass is 10.1. The summed E-state index contributed by atoms with van der Waals surface area (Å²) in [6.07, 6.45) is 6.71. The fourth-order valence-electron chi connectivity index (χ4n) is 4.19. The summed E-state index contributed by atoms with van der Waals surface area (Å²) >= 11 is 0. The molecule has 0 N–H and O–H groups in total. The molecule has 1 saturated carbocycles. The van der Waals surface area contributed by atoms with Gasteiger partial charge in [-0.2, -0.15) is 4.98 Å². The van der Waals surface area contributed by atoms with Gasteiger partial charge in [-0.15, -0.1) is 0 Å². The summed E-state index contributed by atoms with van der Waals surface area (Å²) in [6, 6.07) is 8.14. The van der Waals surface area contributed by atoms with E-state index in [1.54, 1.807) is 0 Å². The second kappa shape index (κ2) is 10.2. The molecule has 2 heterocycles. The number of ether oxygens (including phenoxy) is 1. The van der Waals surface area contributed by atoms with Gasteiger partial charge in [0.1, 0.15) is 6.61 Å². The highest BCUT2D eigenvalue weighted by molar-refractivity contribution is 5.77. The summed E-state index contributed by atoms with van der Waals surface area (Å²) in [5.74, 6) is 1.47. The Bertz CT molecular complexity index is 806. The Hall–Kier alpha value is -2.25. The summed E-state index contributed by atoms with van der Waals surface area (Å²) in [5.41, 5.74) is 2.19. The van der Waals surface area contributed by atoms with Gasteiger partial charge in [0.15, 0.2) is 0 Å². The van der Waals surface area contributed by atoms with Gasteiger partial charge in [0, 0.05) is 38.2 Å². The Morgan fingerprint density at radius 2 is 1.87 bits per heavy atom. The fraction of sp³-hybridized carbons (Fsp3) is 0.609. The zero-order valence-corrected chi connectivity index (χ0v) is 17.9. The highest BCUT2D eigenvalue weighted by atomic mass is 16.5. The summed E-state index contributed by atoms with van der Waals surface area (Å²) < 4.78 is 11.2. The first-order valence-corrected chi connectivity index (χ1v) is 11.2. The van der Waals surface area contributed by atoms with Gasteiger partial charge in [-0.1, -0.05) is 47.8 Å². The second-order valence-electron chi connectivity index (χ2n) is 8.42. The molecule has 0 spiro atoms.